The molecule has 156 valence electrons. The monoisotopic (exact) mass is 403 g/mol. The highest BCUT2D eigenvalue weighted by molar-refractivity contribution is 5.92. The number of aromatic nitrogens is 2. The number of amides is 1. The van der Waals surface area contributed by atoms with Crippen molar-refractivity contribution in [1.29, 1.82) is 0 Å². The highest BCUT2D eigenvalue weighted by atomic mass is 16.1. The van der Waals surface area contributed by atoms with Gasteiger partial charge in [-0.1, -0.05) is 31.5 Å². The fraction of sp³-hybridized carbons (Fsp3) is 0.292. The molecule has 0 aliphatic carbocycles. The van der Waals surface area contributed by atoms with Crippen LogP contribution in [-0.4, -0.2) is 15.9 Å². The second kappa shape index (κ2) is 9.87. The number of carbonyl (C=O) groups excluding carboxylic acids is 1. The second-order valence-corrected chi connectivity index (χ2v) is 7.41. The fourth-order valence-corrected chi connectivity index (χ4v) is 3.14. The first-order valence-corrected chi connectivity index (χ1v) is 10.3. The maximum atomic E-state index is 12.2. The van der Waals surface area contributed by atoms with Gasteiger partial charge >= 0.3 is 0 Å². The van der Waals surface area contributed by atoms with Crippen molar-refractivity contribution in [2.24, 2.45) is 5.92 Å². The Kier molecular flexibility index (Phi) is 7.01. The van der Waals surface area contributed by atoms with E-state index < -0.39 is 0 Å². The van der Waals surface area contributed by atoms with Crippen LogP contribution in [0.2, 0.25) is 0 Å². The molecule has 1 amide bonds. The van der Waals surface area contributed by atoms with Gasteiger partial charge in [-0.3, -0.25) is 4.79 Å². The number of hydrogen-bond donors (Lipinski definition) is 3. The average molecular weight is 404 g/mol. The van der Waals surface area contributed by atoms with Crippen molar-refractivity contribution >= 4 is 34.7 Å². The maximum Gasteiger partial charge on any atom is 0.229 e. The third kappa shape index (κ3) is 5.80. The molecule has 3 aromatic rings. The number of nitrogens with one attached hydrogen (secondary N) is 3. The lowest BCUT2D eigenvalue weighted by atomic mass is 10.0. The van der Waals surface area contributed by atoms with Gasteiger partial charge in [0.25, 0.3) is 0 Å². The van der Waals surface area contributed by atoms with Crippen LogP contribution in [0, 0.1) is 19.8 Å². The van der Waals surface area contributed by atoms with E-state index in [1.807, 2.05) is 75.4 Å². The molecule has 0 radical (unpaired) electrons. The average Bonchev–Trinajstić information content (AvgIpc) is 2.72. The molecule has 0 bridgehead atoms. The Bertz CT molecular complexity index is 979. The maximum absolute atomic E-state index is 12.2. The zero-order valence-corrected chi connectivity index (χ0v) is 18.0. The van der Waals surface area contributed by atoms with Gasteiger partial charge in [-0.25, -0.2) is 4.98 Å². The predicted molar refractivity (Wildman–Crippen MR) is 124 cm³/mol. The third-order valence-corrected chi connectivity index (χ3v) is 4.94. The molecule has 0 aliphatic heterocycles. The standard InChI is InChI=1S/C24H29N5O/c1-5-18(6-2)23(30)27-20-13-11-19(12-14-20)26-22-15-17(4)25-24(29-22)28-21-9-7-16(3)8-10-21/h7-15,18H,5-6H2,1-4H3,(H,27,30)(H2,25,26,28,29). The van der Waals surface area contributed by atoms with Gasteiger partial charge in [0.15, 0.2) is 0 Å². The van der Waals surface area contributed by atoms with Crippen molar-refractivity contribution in [2.75, 3.05) is 16.0 Å². The number of benzene rings is 2. The highest BCUT2D eigenvalue weighted by Gasteiger charge is 2.14. The van der Waals surface area contributed by atoms with E-state index in [0.717, 1.165) is 35.6 Å². The molecule has 1 heterocycles. The zero-order valence-electron chi connectivity index (χ0n) is 18.0. The lowest BCUT2D eigenvalue weighted by Crippen LogP contribution is -2.21. The van der Waals surface area contributed by atoms with Crippen LogP contribution in [0.1, 0.15) is 37.9 Å². The van der Waals surface area contributed by atoms with Crippen LogP contribution in [-0.2, 0) is 4.79 Å². The SMILES string of the molecule is CCC(CC)C(=O)Nc1ccc(Nc2cc(C)nc(Nc3ccc(C)cc3)n2)cc1. The van der Waals surface area contributed by atoms with Crippen molar-refractivity contribution in [3.8, 4) is 0 Å². The summed E-state index contributed by atoms with van der Waals surface area (Å²) in [6.07, 6.45) is 1.68. The third-order valence-electron chi connectivity index (χ3n) is 4.94. The molecule has 6 heteroatoms. The largest absolute Gasteiger partial charge is 0.340 e. The molecule has 0 atom stereocenters. The minimum atomic E-state index is 0.0474. The summed E-state index contributed by atoms with van der Waals surface area (Å²) in [5, 5.41) is 9.52. The van der Waals surface area contributed by atoms with Crippen LogP contribution >= 0.6 is 0 Å². The number of rotatable bonds is 8. The molecule has 0 fully saturated rings. The first-order valence-electron chi connectivity index (χ1n) is 10.3. The van der Waals surface area contributed by atoms with Crippen molar-refractivity contribution < 1.29 is 4.79 Å². The van der Waals surface area contributed by atoms with Gasteiger partial charge in [0.2, 0.25) is 11.9 Å². The molecule has 1 aromatic heterocycles. The quantitative estimate of drug-likeness (QED) is 0.433. The van der Waals surface area contributed by atoms with Gasteiger partial charge < -0.3 is 16.0 Å². The summed E-state index contributed by atoms with van der Waals surface area (Å²) >= 11 is 0. The minimum absolute atomic E-state index is 0.0474. The van der Waals surface area contributed by atoms with Crippen LogP contribution in [0.15, 0.2) is 54.6 Å². The minimum Gasteiger partial charge on any atom is -0.340 e. The predicted octanol–water partition coefficient (Wildman–Crippen LogP) is 5.96. The van der Waals surface area contributed by atoms with Crippen molar-refractivity contribution in [3.05, 3.63) is 65.9 Å². The summed E-state index contributed by atoms with van der Waals surface area (Å²) in [6.45, 7) is 8.06. The Balaban J connectivity index is 1.68. The summed E-state index contributed by atoms with van der Waals surface area (Å²) in [6, 6.07) is 17.6. The lowest BCUT2D eigenvalue weighted by molar-refractivity contribution is -0.120. The molecule has 0 saturated carbocycles. The van der Waals surface area contributed by atoms with Crippen molar-refractivity contribution in [2.45, 2.75) is 40.5 Å². The van der Waals surface area contributed by atoms with E-state index in [1.165, 1.54) is 5.56 Å². The Hall–Kier alpha value is -3.41. The van der Waals surface area contributed by atoms with E-state index in [1.54, 1.807) is 0 Å². The van der Waals surface area contributed by atoms with Gasteiger partial charge in [-0.15, -0.1) is 0 Å². The number of anilines is 5. The fourth-order valence-electron chi connectivity index (χ4n) is 3.14. The highest BCUT2D eigenvalue weighted by Crippen LogP contribution is 2.21. The van der Waals surface area contributed by atoms with E-state index in [2.05, 4.69) is 32.8 Å². The van der Waals surface area contributed by atoms with E-state index in [4.69, 9.17) is 0 Å². The second-order valence-electron chi connectivity index (χ2n) is 7.41. The molecule has 0 unspecified atom stereocenters. The molecule has 0 spiro atoms. The van der Waals surface area contributed by atoms with Gasteiger partial charge in [0, 0.05) is 34.7 Å². The van der Waals surface area contributed by atoms with Crippen molar-refractivity contribution in [1.82, 2.24) is 9.97 Å². The van der Waals surface area contributed by atoms with Gasteiger partial charge in [0.05, 0.1) is 0 Å². The van der Waals surface area contributed by atoms with E-state index in [-0.39, 0.29) is 11.8 Å². The molecule has 0 saturated heterocycles. The van der Waals surface area contributed by atoms with Crippen LogP contribution in [0.5, 0.6) is 0 Å². The summed E-state index contributed by atoms with van der Waals surface area (Å²) in [5.74, 6) is 1.35. The first-order chi connectivity index (χ1) is 14.5. The zero-order chi connectivity index (χ0) is 21.5. The number of aryl methyl sites for hydroxylation is 2. The van der Waals surface area contributed by atoms with E-state index >= 15 is 0 Å². The smallest absolute Gasteiger partial charge is 0.229 e. The van der Waals surface area contributed by atoms with Crippen LogP contribution < -0.4 is 16.0 Å². The van der Waals surface area contributed by atoms with Crippen LogP contribution in [0.25, 0.3) is 0 Å². The molecule has 6 nitrogen and oxygen atoms in total. The van der Waals surface area contributed by atoms with Gasteiger partial charge in [-0.05, 0) is 63.1 Å². The van der Waals surface area contributed by atoms with E-state index in [9.17, 15) is 4.79 Å². The van der Waals surface area contributed by atoms with Crippen molar-refractivity contribution in [3.63, 3.8) is 0 Å². The molecule has 0 aliphatic rings. The summed E-state index contributed by atoms with van der Waals surface area (Å²) in [4.78, 5) is 21.3. The molecular weight excluding hydrogens is 374 g/mol. The summed E-state index contributed by atoms with van der Waals surface area (Å²) in [5.41, 5.74) is 4.67. The van der Waals surface area contributed by atoms with Crippen LogP contribution in [0.4, 0.5) is 28.8 Å². The molecule has 3 rings (SSSR count). The van der Waals surface area contributed by atoms with E-state index in [0.29, 0.717) is 11.8 Å². The molecule has 3 N–H and O–H groups in total. The molecular formula is C24H29N5O. The number of carbonyl (C=O) groups is 1. The first kappa shape index (κ1) is 21.3. The molecule has 30 heavy (non-hydrogen) atoms. The van der Waals surface area contributed by atoms with Crippen LogP contribution in [0.3, 0.4) is 0 Å². The normalized spacial score (nSPS) is 10.7. The number of nitrogens with zero attached hydrogens (tertiary/aromatic N) is 2. The molecule has 2 aromatic carbocycles. The summed E-state index contributed by atoms with van der Waals surface area (Å²) in [7, 11) is 0. The Morgan fingerprint density at radius 3 is 2.03 bits per heavy atom. The van der Waals surface area contributed by atoms with Gasteiger partial charge in [0.1, 0.15) is 5.82 Å². The Labute approximate surface area is 178 Å². The van der Waals surface area contributed by atoms with Gasteiger partial charge in [-0.2, -0.15) is 4.98 Å². The lowest BCUT2D eigenvalue weighted by Gasteiger charge is -2.13. The summed E-state index contributed by atoms with van der Waals surface area (Å²) < 4.78 is 0. The topological polar surface area (TPSA) is 78.9 Å². The number of hydrogen-bond acceptors (Lipinski definition) is 5. The Morgan fingerprint density at radius 2 is 1.40 bits per heavy atom. The Morgan fingerprint density at radius 1 is 0.833 bits per heavy atom.